The topological polar surface area (TPSA) is 60.2 Å². The van der Waals surface area contributed by atoms with E-state index in [4.69, 9.17) is 23.2 Å². The fourth-order valence-electron chi connectivity index (χ4n) is 5.40. The van der Waals surface area contributed by atoms with E-state index in [0.29, 0.717) is 15.7 Å². The summed E-state index contributed by atoms with van der Waals surface area (Å²) < 4.78 is 0. The molecule has 0 bridgehead atoms. The third-order valence-corrected chi connectivity index (χ3v) is 8.19. The summed E-state index contributed by atoms with van der Waals surface area (Å²) in [6.07, 6.45) is 4.87. The number of para-hydroxylation sites is 1. The Labute approximate surface area is 210 Å². The number of hydrogen-bond acceptors (Lipinski definition) is 3. The smallest absolute Gasteiger partial charge is 0.267 e. The second-order valence-corrected chi connectivity index (χ2v) is 10.1. The average Bonchev–Trinajstić information content (AvgIpc) is 3.31. The van der Waals surface area contributed by atoms with Gasteiger partial charge < -0.3 is 15.6 Å². The van der Waals surface area contributed by atoms with Gasteiger partial charge in [0.1, 0.15) is 5.69 Å². The number of aromatic nitrogens is 1. The van der Waals surface area contributed by atoms with E-state index in [0.717, 1.165) is 61.9 Å². The molecule has 5 nitrogen and oxygen atoms in total. The number of piperazine rings is 1. The molecule has 1 aromatic heterocycles. The number of amides is 1. The van der Waals surface area contributed by atoms with Crippen molar-refractivity contribution in [2.45, 2.75) is 37.8 Å². The number of benzene rings is 2. The molecular weight excluding hydrogens is 467 g/mol. The van der Waals surface area contributed by atoms with Crippen LogP contribution < -0.4 is 10.6 Å². The van der Waals surface area contributed by atoms with E-state index in [2.05, 4.69) is 39.6 Å². The predicted molar refractivity (Wildman–Crippen MR) is 140 cm³/mol. The van der Waals surface area contributed by atoms with E-state index in [1.54, 1.807) is 0 Å². The number of rotatable bonds is 5. The monoisotopic (exact) mass is 496 g/mol. The number of nitrogens with zero attached hydrogens (tertiary/aromatic N) is 1. The lowest BCUT2D eigenvalue weighted by molar-refractivity contribution is 0.0923. The number of carbonyl (C=O) groups is 1. The largest absolute Gasteiger partial charge is 0.351 e. The summed E-state index contributed by atoms with van der Waals surface area (Å²) in [5, 5.41) is 8.93. The fraction of sp³-hybridized carbons (Fsp3) is 0.370. The maximum Gasteiger partial charge on any atom is 0.267 e. The van der Waals surface area contributed by atoms with Crippen molar-refractivity contribution >= 4 is 40.0 Å². The Morgan fingerprint density at radius 3 is 2.65 bits per heavy atom. The molecule has 0 radical (unpaired) electrons. The Hall–Kier alpha value is -2.31. The second-order valence-electron chi connectivity index (χ2n) is 9.36. The molecule has 2 atom stereocenters. The normalized spacial score (nSPS) is 21.1. The highest BCUT2D eigenvalue weighted by molar-refractivity contribution is 6.42. The first-order valence-electron chi connectivity index (χ1n) is 11.9. The summed E-state index contributed by atoms with van der Waals surface area (Å²) in [6.45, 7) is 6.05. The summed E-state index contributed by atoms with van der Waals surface area (Å²) in [4.78, 5) is 18.6. The van der Waals surface area contributed by atoms with Gasteiger partial charge in [-0.25, -0.2) is 0 Å². The van der Waals surface area contributed by atoms with Crippen LogP contribution in [0.5, 0.6) is 0 Å². The van der Waals surface area contributed by atoms with Crippen molar-refractivity contribution in [1.29, 1.82) is 0 Å². The molecular formula is C27H30Cl2N4O. The van der Waals surface area contributed by atoms with Crippen LogP contribution in [0.25, 0.3) is 10.9 Å². The Morgan fingerprint density at radius 2 is 1.91 bits per heavy atom. The van der Waals surface area contributed by atoms with Crippen LogP contribution in [-0.4, -0.2) is 48.0 Å². The van der Waals surface area contributed by atoms with Crippen molar-refractivity contribution < 1.29 is 4.79 Å². The average molecular weight is 497 g/mol. The van der Waals surface area contributed by atoms with Gasteiger partial charge in [-0.15, -0.1) is 0 Å². The van der Waals surface area contributed by atoms with E-state index < -0.39 is 0 Å². The number of carbonyl (C=O) groups excluding carboxylic acids is 1. The van der Waals surface area contributed by atoms with Gasteiger partial charge in [0.15, 0.2) is 0 Å². The molecule has 178 valence electrons. The van der Waals surface area contributed by atoms with Gasteiger partial charge in [0.25, 0.3) is 5.91 Å². The first-order valence-corrected chi connectivity index (χ1v) is 12.7. The zero-order chi connectivity index (χ0) is 23.7. The third-order valence-electron chi connectivity index (χ3n) is 7.37. The number of nitrogens with one attached hydrogen (secondary N) is 3. The van der Waals surface area contributed by atoms with Crippen molar-refractivity contribution in [1.82, 2.24) is 20.5 Å². The lowest BCUT2D eigenvalue weighted by Gasteiger charge is -2.47. The predicted octanol–water partition coefficient (Wildman–Crippen LogP) is 5.50. The van der Waals surface area contributed by atoms with Crippen LogP contribution in [0.2, 0.25) is 10.0 Å². The molecule has 34 heavy (non-hydrogen) atoms. The van der Waals surface area contributed by atoms with Crippen LogP contribution in [0.4, 0.5) is 0 Å². The summed E-state index contributed by atoms with van der Waals surface area (Å²) in [6, 6.07) is 15.9. The number of halogens is 2. The van der Waals surface area contributed by atoms with Crippen LogP contribution in [0.15, 0.2) is 60.2 Å². The summed E-state index contributed by atoms with van der Waals surface area (Å²) >= 11 is 13.2. The first kappa shape index (κ1) is 23.4. The van der Waals surface area contributed by atoms with Crippen LogP contribution in [-0.2, 0) is 5.54 Å². The highest BCUT2D eigenvalue weighted by atomic mass is 35.5. The van der Waals surface area contributed by atoms with Crippen molar-refractivity contribution in [2.24, 2.45) is 0 Å². The summed E-state index contributed by atoms with van der Waals surface area (Å²) in [5.41, 5.74) is 3.64. The highest BCUT2D eigenvalue weighted by Gasteiger charge is 2.40. The van der Waals surface area contributed by atoms with Crippen molar-refractivity contribution in [3.63, 3.8) is 0 Å². The maximum absolute atomic E-state index is 12.9. The van der Waals surface area contributed by atoms with Gasteiger partial charge in [-0.05, 0) is 55.5 Å². The molecule has 1 fully saturated rings. The molecule has 2 unspecified atom stereocenters. The molecule has 1 saturated heterocycles. The summed E-state index contributed by atoms with van der Waals surface area (Å²) in [7, 11) is 0. The zero-order valence-corrected chi connectivity index (χ0v) is 20.8. The van der Waals surface area contributed by atoms with E-state index in [9.17, 15) is 4.79 Å². The molecule has 2 aliphatic rings. The van der Waals surface area contributed by atoms with Crippen LogP contribution in [0.1, 0.15) is 42.2 Å². The second kappa shape index (κ2) is 9.74. The van der Waals surface area contributed by atoms with Gasteiger partial charge in [-0.3, -0.25) is 9.69 Å². The first-order chi connectivity index (χ1) is 16.5. The Balaban J connectivity index is 1.37. The Kier molecular flexibility index (Phi) is 6.72. The van der Waals surface area contributed by atoms with Crippen molar-refractivity contribution in [3.05, 3.63) is 81.5 Å². The Morgan fingerprint density at radius 1 is 1.12 bits per heavy atom. The van der Waals surface area contributed by atoms with Gasteiger partial charge in [-0.1, -0.05) is 59.6 Å². The molecule has 2 aromatic carbocycles. The molecule has 7 heteroatoms. The fourth-order valence-corrected chi connectivity index (χ4v) is 5.89. The third kappa shape index (κ3) is 4.38. The number of aromatic amines is 1. The van der Waals surface area contributed by atoms with Gasteiger partial charge >= 0.3 is 0 Å². The molecule has 1 amide bonds. The van der Waals surface area contributed by atoms with Crippen LogP contribution >= 0.6 is 23.2 Å². The molecule has 2 heterocycles. The van der Waals surface area contributed by atoms with E-state index in [1.165, 1.54) is 5.57 Å². The van der Waals surface area contributed by atoms with Crippen molar-refractivity contribution in [3.8, 4) is 0 Å². The standard InChI is InChI=1S/C27H30Cl2N4O/c1-27(33-15-13-30-14-16-33,21-6-4-7-22(28)25(21)29)19-9-11-20(12-10-19)31-26(34)24-17-18-5-2-3-8-23(18)32-24/h2-9,17,20,30,32H,10-16H2,1H3,(H,31,34). The maximum atomic E-state index is 12.9. The minimum absolute atomic E-state index is 0.0548. The SMILES string of the molecule is CC(C1=CCC(NC(=O)c2cc3ccccc3[nH]2)CC1)(c1cccc(Cl)c1Cl)N1CCNCC1. The minimum atomic E-state index is -0.337. The molecule has 0 spiro atoms. The molecule has 3 N–H and O–H groups in total. The van der Waals surface area contributed by atoms with Crippen molar-refractivity contribution in [2.75, 3.05) is 26.2 Å². The molecule has 0 saturated carbocycles. The zero-order valence-electron chi connectivity index (χ0n) is 19.3. The van der Waals surface area contributed by atoms with Crippen LogP contribution in [0, 0.1) is 0 Å². The highest BCUT2D eigenvalue weighted by Crippen LogP contribution is 2.44. The minimum Gasteiger partial charge on any atom is -0.351 e. The quantitative estimate of drug-likeness (QED) is 0.408. The molecule has 1 aliphatic carbocycles. The molecule has 1 aliphatic heterocycles. The molecule has 5 rings (SSSR count). The Bertz CT molecular complexity index is 1200. The van der Waals surface area contributed by atoms with E-state index >= 15 is 0 Å². The van der Waals surface area contributed by atoms with Gasteiger partial charge in [0.05, 0.1) is 15.6 Å². The lowest BCUT2D eigenvalue weighted by Crippen LogP contribution is -2.54. The van der Waals surface area contributed by atoms with Gasteiger partial charge in [0, 0.05) is 43.1 Å². The molecule has 3 aromatic rings. The number of fused-ring (bicyclic) bond motifs is 1. The lowest BCUT2D eigenvalue weighted by atomic mass is 9.76. The van der Waals surface area contributed by atoms with E-state index in [1.807, 2.05) is 42.5 Å². The van der Waals surface area contributed by atoms with E-state index in [-0.39, 0.29) is 17.5 Å². The van der Waals surface area contributed by atoms with Gasteiger partial charge in [0.2, 0.25) is 0 Å². The summed E-state index contributed by atoms with van der Waals surface area (Å²) in [5.74, 6) is -0.0548. The van der Waals surface area contributed by atoms with Crippen LogP contribution in [0.3, 0.4) is 0 Å². The number of hydrogen-bond donors (Lipinski definition) is 3. The van der Waals surface area contributed by atoms with Gasteiger partial charge in [-0.2, -0.15) is 0 Å². The number of H-pyrrole nitrogens is 1.